The number of thiophene rings is 2. The number of carbonyl (C=O) groups is 2. The van der Waals surface area contributed by atoms with Gasteiger partial charge in [0, 0.05) is 62.7 Å². The summed E-state index contributed by atoms with van der Waals surface area (Å²) in [7, 11) is 0. The number of aryl methyl sites for hydroxylation is 2. The molecule has 19 heteroatoms. The van der Waals surface area contributed by atoms with Crippen LogP contribution in [0.4, 0.5) is 13.2 Å². The van der Waals surface area contributed by atoms with Gasteiger partial charge in [0.15, 0.2) is 0 Å². The Balaban J connectivity index is 0.000000233. The molecule has 12 nitrogen and oxygen atoms in total. The van der Waals surface area contributed by atoms with Crippen LogP contribution in [0.25, 0.3) is 71.8 Å². The van der Waals surface area contributed by atoms with Crippen LogP contribution in [-0.4, -0.2) is 43.1 Å². The van der Waals surface area contributed by atoms with E-state index in [-0.39, 0.29) is 25.2 Å². The molecule has 60 heavy (non-hydrogen) atoms. The predicted octanol–water partition coefficient (Wildman–Crippen LogP) is 10.4. The topological polar surface area (TPSA) is 167 Å². The second kappa shape index (κ2) is 20.6. The maximum Gasteiger partial charge on any atom is 2.00 e. The normalized spacial score (nSPS) is 10.5. The van der Waals surface area contributed by atoms with E-state index in [2.05, 4.69) is 72.9 Å². The number of thiocarbonyl (C=S) groups is 1. The zero-order chi connectivity index (χ0) is 41.9. The van der Waals surface area contributed by atoms with Crippen molar-refractivity contribution in [3.63, 3.8) is 0 Å². The second-order valence-electron chi connectivity index (χ2n) is 12.0. The monoisotopic (exact) mass is 951 g/mol. The number of hydrogen-bond donors (Lipinski definition) is 0. The minimum absolute atomic E-state index is 0. The predicted molar refractivity (Wildman–Crippen MR) is 220 cm³/mol. The summed E-state index contributed by atoms with van der Waals surface area (Å²) in [5.41, 5.74) is 4.22. The standard InChI is InChI=1S/C26H17N3O4S2.C14H9F3N3O.CNS.Ru/c1-16-2-3-25(35-16)26-9-18(13-34-26)17-4-6-27-21(8-17)23-11-20(33-15-31)12-24(29-23)22-10-19(32-14-30)5-7-28-22;1-8-2-5-12(21-8)9-3-4-10(18-7-9)11-6-13(20-19-11)14(15,16)17;2-1-3;/h2-15H,1H3;2-7H,1H3;;/q;2*-1;+2. The van der Waals surface area contributed by atoms with Gasteiger partial charge < -0.3 is 29.5 Å². The van der Waals surface area contributed by atoms with Crippen LogP contribution in [0.2, 0.25) is 0 Å². The van der Waals surface area contributed by atoms with Crippen LogP contribution in [0.3, 0.4) is 0 Å². The smallest absolute Gasteiger partial charge is 0.753 e. The van der Waals surface area contributed by atoms with Gasteiger partial charge >= 0.3 is 25.7 Å². The fourth-order valence-corrected chi connectivity index (χ4v) is 7.23. The number of rotatable bonds is 10. The zero-order valence-corrected chi connectivity index (χ0v) is 35.1. The van der Waals surface area contributed by atoms with Crippen LogP contribution in [0.15, 0.2) is 113 Å². The Kier molecular flexibility index (Phi) is 15.3. The molecule has 8 heterocycles. The summed E-state index contributed by atoms with van der Waals surface area (Å²) in [6.07, 6.45) is 0.250. The molecule has 0 spiro atoms. The third-order valence-corrected chi connectivity index (χ3v) is 10.1. The summed E-state index contributed by atoms with van der Waals surface area (Å²) in [4.78, 5) is 43.1. The van der Waals surface area contributed by atoms with Crippen LogP contribution >= 0.6 is 34.9 Å². The summed E-state index contributed by atoms with van der Waals surface area (Å²) in [6, 6.07) is 24.5. The van der Waals surface area contributed by atoms with Crippen LogP contribution < -0.4 is 14.6 Å². The van der Waals surface area contributed by atoms with E-state index >= 15 is 0 Å². The molecule has 0 bridgehead atoms. The van der Waals surface area contributed by atoms with Gasteiger partial charge in [0.25, 0.3) is 12.9 Å². The molecule has 8 aromatic rings. The Hall–Kier alpha value is -6.36. The fourth-order valence-electron chi connectivity index (χ4n) is 5.35. The number of isothiocyanates is 1. The quantitative estimate of drug-likeness (QED) is 0.0552. The maximum absolute atomic E-state index is 12.5. The second-order valence-corrected chi connectivity index (χ2v) is 14.3. The average Bonchev–Trinajstić information content (AvgIpc) is 4.07. The molecule has 302 valence electrons. The molecule has 8 rings (SSSR count). The number of hydrogen-bond acceptors (Lipinski definition) is 13. The Morgan fingerprint density at radius 1 is 0.767 bits per heavy atom. The largest absolute Gasteiger partial charge is 2.00 e. The molecule has 0 fully saturated rings. The third-order valence-electron chi connectivity index (χ3n) is 7.98. The summed E-state index contributed by atoms with van der Waals surface area (Å²) >= 11 is 7.17. The SMILES string of the molecule is Cc1ccc(-c2cc(-c3ccnc(-c4cc(OC=O)cc(-c5cc(OC=O)ccn5)n4)c3)cs2)s1.Cc1ccc(-c2ccc(-c3cc(C(F)(F)F)n[n-]3)nc2)o1.[N-]=C=S.[Ru+2]. The molecule has 8 aromatic heterocycles. The van der Waals surface area contributed by atoms with Crippen molar-refractivity contribution in [2.45, 2.75) is 20.0 Å². The maximum atomic E-state index is 12.5. The Morgan fingerprint density at radius 3 is 2.05 bits per heavy atom. The van der Waals surface area contributed by atoms with Crippen molar-refractivity contribution in [2.24, 2.45) is 0 Å². The van der Waals surface area contributed by atoms with Gasteiger partial charge in [-0.1, -0.05) is 17.9 Å². The number of pyridine rings is 4. The van der Waals surface area contributed by atoms with E-state index in [9.17, 15) is 22.8 Å². The zero-order valence-electron chi connectivity index (χ0n) is 30.9. The number of alkyl halides is 3. The van der Waals surface area contributed by atoms with Crippen LogP contribution in [-0.2, 0) is 35.2 Å². The Labute approximate surface area is 365 Å². The first kappa shape index (κ1) is 44.7. The molecule has 0 aromatic carbocycles. The molecule has 0 aliphatic carbocycles. The minimum atomic E-state index is -4.50. The molecule has 0 aliphatic heterocycles. The van der Waals surface area contributed by atoms with Crippen LogP contribution in [0, 0.1) is 13.8 Å². The van der Waals surface area contributed by atoms with Gasteiger partial charge in [-0.05, 0) is 97.1 Å². The van der Waals surface area contributed by atoms with Crippen molar-refractivity contribution in [3.05, 3.63) is 131 Å². The minimum Gasteiger partial charge on any atom is -0.753 e. The van der Waals surface area contributed by atoms with E-state index in [1.54, 1.807) is 71.3 Å². The van der Waals surface area contributed by atoms with E-state index in [0.717, 1.165) is 28.5 Å². The van der Waals surface area contributed by atoms with Crippen molar-refractivity contribution in [1.29, 1.82) is 0 Å². The molecule has 0 unspecified atom stereocenters. The molecular weight excluding hydrogens is 925 g/mol. The van der Waals surface area contributed by atoms with Gasteiger partial charge in [0.05, 0.1) is 22.8 Å². The van der Waals surface area contributed by atoms with Gasteiger partial charge in [-0.3, -0.25) is 24.5 Å². The Morgan fingerprint density at radius 2 is 1.45 bits per heavy atom. The molecule has 0 N–H and O–H groups in total. The fraction of sp³-hybridized carbons (Fsp3) is 0.0732. The van der Waals surface area contributed by atoms with E-state index in [0.29, 0.717) is 58.7 Å². The van der Waals surface area contributed by atoms with E-state index < -0.39 is 11.9 Å². The molecule has 0 amide bonds. The van der Waals surface area contributed by atoms with E-state index in [1.165, 1.54) is 32.2 Å². The van der Waals surface area contributed by atoms with Gasteiger partial charge in [0.1, 0.15) is 28.7 Å². The third kappa shape index (κ3) is 11.4. The van der Waals surface area contributed by atoms with Gasteiger partial charge in [-0.25, -0.2) is 4.98 Å². The summed E-state index contributed by atoms with van der Waals surface area (Å²) < 4.78 is 52.9. The summed E-state index contributed by atoms with van der Waals surface area (Å²) in [5.74, 6) is 2.04. The molecule has 0 aliphatic rings. The molecule has 0 saturated heterocycles. The van der Waals surface area contributed by atoms with Crippen LogP contribution in [0.1, 0.15) is 16.3 Å². The van der Waals surface area contributed by atoms with E-state index in [1.807, 2.05) is 25.1 Å². The molecule has 0 saturated carbocycles. The van der Waals surface area contributed by atoms with Crippen molar-refractivity contribution < 1.29 is 56.1 Å². The first-order chi connectivity index (χ1) is 28.5. The van der Waals surface area contributed by atoms with Crippen molar-refractivity contribution in [1.82, 2.24) is 30.1 Å². The first-order valence-corrected chi connectivity index (χ1v) is 19.0. The van der Waals surface area contributed by atoms with Crippen molar-refractivity contribution in [2.75, 3.05) is 0 Å². The first-order valence-electron chi connectivity index (χ1n) is 16.9. The van der Waals surface area contributed by atoms with Gasteiger partial charge in [-0.2, -0.15) is 18.3 Å². The number of nitrogens with zero attached hydrogens (tertiary/aromatic N) is 7. The van der Waals surface area contributed by atoms with Gasteiger partial charge in [-0.15, -0.1) is 22.7 Å². The van der Waals surface area contributed by atoms with E-state index in [4.69, 9.17) is 19.3 Å². The summed E-state index contributed by atoms with van der Waals surface area (Å²) in [6.45, 7) is 4.62. The number of halogens is 3. The molecule has 0 radical (unpaired) electrons. The molecular formula is C41H26F3N7O5RuS3. The van der Waals surface area contributed by atoms with Gasteiger partial charge in [0.2, 0.25) is 0 Å². The summed E-state index contributed by atoms with van der Waals surface area (Å²) in [5, 5.41) is 17.2. The number of carbonyl (C=O) groups excluding carboxylic acids is 2. The van der Waals surface area contributed by atoms with Crippen molar-refractivity contribution >= 4 is 53.0 Å². The van der Waals surface area contributed by atoms with Crippen molar-refractivity contribution in [3.8, 4) is 77.9 Å². The molecule has 0 atom stereocenters. The Bertz CT molecular complexity index is 2740. The number of aromatic nitrogens is 6. The number of furan rings is 1. The van der Waals surface area contributed by atoms with Crippen LogP contribution in [0.5, 0.6) is 11.5 Å². The number of ether oxygens (including phenoxy) is 2. The average molecular weight is 951 g/mol.